The Kier molecular flexibility index (Phi) is 5.26. The standard InChI is InChI=1S/C14H30N2/c1-6-16(7-2)13-11-9-8-10-12(13)15-14(3,4)5/h12-13,15H,6-11H2,1-5H3/t12-,13-/m0/s1. The zero-order valence-corrected chi connectivity index (χ0v) is 11.8. The van der Waals surface area contributed by atoms with Gasteiger partial charge in [-0.05, 0) is 46.7 Å². The van der Waals surface area contributed by atoms with Crippen LogP contribution in [0.1, 0.15) is 60.3 Å². The molecule has 1 saturated carbocycles. The summed E-state index contributed by atoms with van der Waals surface area (Å²) in [6.07, 6.45) is 5.52. The van der Waals surface area contributed by atoms with Crippen LogP contribution in [0.4, 0.5) is 0 Å². The van der Waals surface area contributed by atoms with E-state index in [1.165, 1.54) is 38.8 Å². The topological polar surface area (TPSA) is 15.3 Å². The van der Waals surface area contributed by atoms with Crippen molar-refractivity contribution in [2.75, 3.05) is 13.1 Å². The van der Waals surface area contributed by atoms with Gasteiger partial charge in [0.25, 0.3) is 0 Å². The smallest absolute Gasteiger partial charge is 0.0249 e. The minimum absolute atomic E-state index is 0.243. The van der Waals surface area contributed by atoms with Crippen molar-refractivity contribution in [3.05, 3.63) is 0 Å². The van der Waals surface area contributed by atoms with Gasteiger partial charge >= 0.3 is 0 Å². The molecule has 1 N–H and O–H groups in total. The van der Waals surface area contributed by atoms with E-state index >= 15 is 0 Å². The van der Waals surface area contributed by atoms with Crippen LogP contribution >= 0.6 is 0 Å². The third-order valence-corrected chi connectivity index (χ3v) is 3.63. The molecule has 0 aromatic heterocycles. The Morgan fingerprint density at radius 2 is 1.62 bits per heavy atom. The lowest BCUT2D eigenvalue weighted by molar-refractivity contribution is 0.118. The molecule has 96 valence electrons. The fraction of sp³-hybridized carbons (Fsp3) is 1.00. The quantitative estimate of drug-likeness (QED) is 0.792. The molecular weight excluding hydrogens is 196 g/mol. The molecule has 1 aliphatic rings. The highest BCUT2D eigenvalue weighted by Crippen LogP contribution is 2.24. The molecule has 0 saturated heterocycles. The third kappa shape index (κ3) is 4.06. The molecule has 16 heavy (non-hydrogen) atoms. The minimum atomic E-state index is 0.243. The van der Waals surface area contributed by atoms with E-state index in [1.54, 1.807) is 0 Å². The molecule has 0 aliphatic heterocycles. The van der Waals surface area contributed by atoms with E-state index in [0.29, 0.717) is 6.04 Å². The second kappa shape index (κ2) is 6.02. The van der Waals surface area contributed by atoms with Gasteiger partial charge in [-0.1, -0.05) is 26.7 Å². The van der Waals surface area contributed by atoms with Crippen molar-refractivity contribution in [3.63, 3.8) is 0 Å². The van der Waals surface area contributed by atoms with Gasteiger partial charge in [0.1, 0.15) is 0 Å². The molecule has 1 rings (SSSR count). The molecule has 0 bridgehead atoms. The molecule has 0 aromatic carbocycles. The fourth-order valence-corrected chi connectivity index (χ4v) is 2.97. The van der Waals surface area contributed by atoms with Crippen molar-refractivity contribution in [1.82, 2.24) is 10.2 Å². The Hall–Kier alpha value is -0.0800. The number of nitrogens with one attached hydrogen (secondary N) is 1. The van der Waals surface area contributed by atoms with Crippen LogP contribution < -0.4 is 5.32 Å². The highest BCUT2D eigenvalue weighted by atomic mass is 15.2. The monoisotopic (exact) mass is 226 g/mol. The van der Waals surface area contributed by atoms with Gasteiger partial charge in [0.05, 0.1) is 0 Å². The highest BCUT2D eigenvalue weighted by Gasteiger charge is 2.30. The molecule has 2 nitrogen and oxygen atoms in total. The number of hydrogen-bond acceptors (Lipinski definition) is 2. The Morgan fingerprint density at radius 1 is 1.06 bits per heavy atom. The second-order valence-electron chi connectivity index (χ2n) is 6.07. The van der Waals surface area contributed by atoms with Crippen molar-refractivity contribution < 1.29 is 0 Å². The maximum atomic E-state index is 3.82. The van der Waals surface area contributed by atoms with Gasteiger partial charge in [0, 0.05) is 17.6 Å². The van der Waals surface area contributed by atoms with E-state index in [0.717, 1.165) is 6.04 Å². The van der Waals surface area contributed by atoms with Gasteiger partial charge < -0.3 is 5.32 Å². The summed E-state index contributed by atoms with van der Waals surface area (Å²) >= 11 is 0. The van der Waals surface area contributed by atoms with Gasteiger partial charge in [0.2, 0.25) is 0 Å². The van der Waals surface area contributed by atoms with Crippen LogP contribution in [-0.4, -0.2) is 35.6 Å². The Labute approximate surface area is 102 Å². The summed E-state index contributed by atoms with van der Waals surface area (Å²) < 4.78 is 0. The summed E-state index contributed by atoms with van der Waals surface area (Å²) in [6.45, 7) is 13.8. The maximum Gasteiger partial charge on any atom is 0.0249 e. The lowest BCUT2D eigenvalue weighted by Crippen LogP contribution is -2.56. The Bertz CT molecular complexity index is 191. The lowest BCUT2D eigenvalue weighted by Gasteiger charge is -2.42. The van der Waals surface area contributed by atoms with Crippen LogP contribution in [0, 0.1) is 0 Å². The van der Waals surface area contributed by atoms with Gasteiger partial charge in [-0.25, -0.2) is 0 Å². The molecule has 0 unspecified atom stereocenters. The molecule has 0 heterocycles. The summed E-state index contributed by atoms with van der Waals surface area (Å²) in [5.74, 6) is 0. The van der Waals surface area contributed by atoms with Crippen molar-refractivity contribution in [2.45, 2.75) is 77.9 Å². The largest absolute Gasteiger partial charge is 0.308 e. The van der Waals surface area contributed by atoms with Gasteiger partial charge in [-0.15, -0.1) is 0 Å². The molecule has 1 fully saturated rings. The van der Waals surface area contributed by atoms with Crippen molar-refractivity contribution in [3.8, 4) is 0 Å². The van der Waals surface area contributed by atoms with E-state index < -0.39 is 0 Å². The van der Waals surface area contributed by atoms with E-state index in [2.05, 4.69) is 44.8 Å². The summed E-state index contributed by atoms with van der Waals surface area (Å²) in [5, 5.41) is 3.82. The average Bonchev–Trinajstić information content (AvgIpc) is 2.20. The zero-order valence-electron chi connectivity index (χ0n) is 11.8. The summed E-state index contributed by atoms with van der Waals surface area (Å²) in [4.78, 5) is 2.63. The first kappa shape index (κ1) is 14.0. The molecule has 1 aliphatic carbocycles. The van der Waals surface area contributed by atoms with E-state index in [1.807, 2.05) is 0 Å². The SMILES string of the molecule is CCN(CC)[C@H]1CCCC[C@@H]1NC(C)(C)C. The summed E-state index contributed by atoms with van der Waals surface area (Å²) in [5.41, 5.74) is 0.243. The van der Waals surface area contributed by atoms with Crippen molar-refractivity contribution in [2.24, 2.45) is 0 Å². The average molecular weight is 226 g/mol. The predicted octanol–water partition coefficient (Wildman–Crippen LogP) is 3.03. The Morgan fingerprint density at radius 3 is 2.12 bits per heavy atom. The van der Waals surface area contributed by atoms with Crippen LogP contribution in [0.25, 0.3) is 0 Å². The normalized spacial score (nSPS) is 27.4. The number of rotatable bonds is 4. The first-order chi connectivity index (χ1) is 7.48. The van der Waals surface area contributed by atoms with Crippen LogP contribution in [0.2, 0.25) is 0 Å². The fourth-order valence-electron chi connectivity index (χ4n) is 2.97. The van der Waals surface area contributed by atoms with Gasteiger partial charge in [-0.2, -0.15) is 0 Å². The Balaban J connectivity index is 2.63. The first-order valence-corrected chi connectivity index (χ1v) is 6.99. The van der Waals surface area contributed by atoms with Crippen LogP contribution in [0.3, 0.4) is 0 Å². The number of nitrogens with zero attached hydrogens (tertiary/aromatic N) is 1. The zero-order chi connectivity index (χ0) is 12.2. The maximum absolute atomic E-state index is 3.82. The van der Waals surface area contributed by atoms with Crippen molar-refractivity contribution in [1.29, 1.82) is 0 Å². The predicted molar refractivity (Wildman–Crippen MR) is 71.9 cm³/mol. The third-order valence-electron chi connectivity index (χ3n) is 3.63. The van der Waals surface area contributed by atoms with Gasteiger partial charge in [0.15, 0.2) is 0 Å². The molecule has 0 amide bonds. The second-order valence-corrected chi connectivity index (χ2v) is 6.07. The number of hydrogen-bond donors (Lipinski definition) is 1. The van der Waals surface area contributed by atoms with Crippen molar-refractivity contribution >= 4 is 0 Å². The molecule has 2 heteroatoms. The summed E-state index contributed by atoms with van der Waals surface area (Å²) in [7, 11) is 0. The van der Waals surface area contributed by atoms with Crippen LogP contribution in [0.5, 0.6) is 0 Å². The van der Waals surface area contributed by atoms with E-state index in [9.17, 15) is 0 Å². The van der Waals surface area contributed by atoms with Crippen LogP contribution in [-0.2, 0) is 0 Å². The molecule has 2 atom stereocenters. The number of likely N-dealkylation sites (N-methyl/N-ethyl adjacent to an activating group) is 1. The molecule has 0 spiro atoms. The first-order valence-electron chi connectivity index (χ1n) is 6.99. The molecular formula is C14H30N2. The van der Waals surface area contributed by atoms with Gasteiger partial charge in [-0.3, -0.25) is 4.90 Å². The van der Waals surface area contributed by atoms with E-state index in [-0.39, 0.29) is 5.54 Å². The highest BCUT2D eigenvalue weighted by molar-refractivity contribution is 4.91. The van der Waals surface area contributed by atoms with E-state index in [4.69, 9.17) is 0 Å². The summed E-state index contributed by atoms with van der Waals surface area (Å²) in [6, 6.07) is 1.44. The molecule has 0 radical (unpaired) electrons. The molecule has 0 aromatic rings. The minimum Gasteiger partial charge on any atom is -0.308 e. The lowest BCUT2D eigenvalue weighted by atomic mass is 9.87. The van der Waals surface area contributed by atoms with Crippen LogP contribution in [0.15, 0.2) is 0 Å².